The van der Waals surface area contributed by atoms with Gasteiger partial charge in [0.05, 0.1) is 10.7 Å². The molecule has 5 nitrogen and oxygen atoms in total. The molecule has 7 heteroatoms. The summed E-state index contributed by atoms with van der Waals surface area (Å²) in [6, 6.07) is 3.78. The van der Waals surface area contributed by atoms with Crippen molar-refractivity contribution in [3.63, 3.8) is 0 Å². The molecule has 0 saturated heterocycles. The monoisotopic (exact) mass is 354 g/mol. The summed E-state index contributed by atoms with van der Waals surface area (Å²) >= 11 is 5.88. The number of halogens is 2. The maximum Gasteiger partial charge on any atom is 0.260 e. The number of carbonyl (C=O) groups is 1. The fourth-order valence-corrected chi connectivity index (χ4v) is 2.51. The Labute approximate surface area is 145 Å². The van der Waals surface area contributed by atoms with Crippen molar-refractivity contribution in [2.75, 3.05) is 6.54 Å². The molecule has 1 aromatic heterocycles. The Morgan fingerprint density at radius 3 is 2.83 bits per heavy atom. The van der Waals surface area contributed by atoms with E-state index >= 15 is 0 Å². The lowest BCUT2D eigenvalue weighted by Crippen LogP contribution is -2.37. The van der Waals surface area contributed by atoms with Gasteiger partial charge in [0, 0.05) is 12.1 Å². The van der Waals surface area contributed by atoms with E-state index in [-0.39, 0.29) is 16.7 Å². The second-order valence-corrected chi connectivity index (χ2v) is 5.94. The van der Waals surface area contributed by atoms with Crippen LogP contribution in [0.15, 0.2) is 22.7 Å². The summed E-state index contributed by atoms with van der Waals surface area (Å²) in [6.45, 7) is 5.89. The lowest BCUT2D eigenvalue weighted by atomic mass is 10.1. The number of aryl methyl sites for hydroxylation is 2. The average molecular weight is 355 g/mol. The average Bonchev–Trinajstić information content (AvgIpc) is 2.85. The van der Waals surface area contributed by atoms with Gasteiger partial charge in [0.15, 0.2) is 6.10 Å². The molecule has 2 aromatic rings. The van der Waals surface area contributed by atoms with Crippen LogP contribution in [0.3, 0.4) is 0 Å². The fourth-order valence-electron chi connectivity index (χ4n) is 2.29. The summed E-state index contributed by atoms with van der Waals surface area (Å²) in [6.07, 6.45) is 0.811. The van der Waals surface area contributed by atoms with Crippen molar-refractivity contribution in [2.24, 2.45) is 0 Å². The molecule has 0 spiro atoms. The van der Waals surface area contributed by atoms with Crippen LogP contribution in [0.2, 0.25) is 5.02 Å². The van der Waals surface area contributed by atoms with E-state index in [9.17, 15) is 9.18 Å². The van der Waals surface area contributed by atoms with Gasteiger partial charge in [-0.3, -0.25) is 4.79 Å². The molecular weight excluding hydrogens is 335 g/mol. The van der Waals surface area contributed by atoms with Gasteiger partial charge in [-0.2, -0.15) is 0 Å². The number of benzene rings is 1. The minimum absolute atomic E-state index is 0.132. The smallest absolute Gasteiger partial charge is 0.260 e. The third-order valence-electron chi connectivity index (χ3n) is 3.65. The standard InChI is InChI=1S/C17H20ClFN2O3/c1-10-14(11(2)24-21-10)5-4-8-20-17(22)12(3)23-16-7-6-13(19)9-15(16)18/h6-7,9,12H,4-5,8H2,1-3H3,(H,20,22). The van der Waals surface area contributed by atoms with Crippen LogP contribution < -0.4 is 10.1 Å². The predicted octanol–water partition coefficient (Wildman–Crippen LogP) is 3.60. The molecule has 2 rings (SSSR count). The summed E-state index contributed by atoms with van der Waals surface area (Å²) in [5, 5.41) is 6.83. The maximum atomic E-state index is 13.0. The number of rotatable bonds is 7. The van der Waals surface area contributed by atoms with Crippen molar-refractivity contribution >= 4 is 17.5 Å². The molecule has 1 heterocycles. The highest BCUT2D eigenvalue weighted by molar-refractivity contribution is 6.32. The zero-order chi connectivity index (χ0) is 17.7. The number of ether oxygens (including phenoxy) is 1. The largest absolute Gasteiger partial charge is 0.479 e. The summed E-state index contributed by atoms with van der Waals surface area (Å²) < 4.78 is 23.6. The number of aromatic nitrogens is 1. The van der Waals surface area contributed by atoms with E-state index in [2.05, 4.69) is 10.5 Å². The first kappa shape index (κ1) is 18.3. The van der Waals surface area contributed by atoms with Gasteiger partial charge < -0.3 is 14.6 Å². The van der Waals surface area contributed by atoms with Crippen LogP contribution in [0, 0.1) is 19.7 Å². The van der Waals surface area contributed by atoms with E-state index in [0.717, 1.165) is 35.9 Å². The van der Waals surface area contributed by atoms with Crippen molar-refractivity contribution in [1.82, 2.24) is 10.5 Å². The molecule has 0 aliphatic carbocycles. The molecule has 0 radical (unpaired) electrons. The molecule has 1 unspecified atom stereocenters. The SMILES string of the molecule is Cc1noc(C)c1CCCNC(=O)C(C)Oc1ccc(F)cc1Cl. The van der Waals surface area contributed by atoms with Crippen LogP contribution in [0.25, 0.3) is 0 Å². The Kier molecular flexibility index (Phi) is 6.20. The zero-order valence-corrected chi connectivity index (χ0v) is 14.6. The Hall–Kier alpha value is -2.08. The maximum absolute atomic E-state index is 13.0. The van der Waals surface area contributed by atoms with Gasteiger partial charge in [-0.05, 0) is 51.8 Å². The topological polar surface area (TPSA) is 64.4 Å². The van der Waals surface area contributed by atoms with Gasteiger partial charge in [0.1, 0.15) is 17.3 Å². The van der Waals surface area contributed by atoms with E-state index < -0.39 is 11.9 Å². The first-order chi connectivity index (χ1) is 11.4. The van der Waals surface area contributed by atoms with E-state index in [1.54, 1.807) is 6.92 Å². The van der Waals surface area contributed by atoms with E-state index in [0.29, 0.717) is 6.54 Å². The lowest BCUT2D eigenvalue weighted by Gasteiger charge is -2.15. The van der Waals surface area contributed by atoms with Crippen LogP contribution in [0.5, 0.6) is 5.75 Å². The molecule has 24 heavy (non-hydrogen) atoms. The molecule has 0 aliphatic heterocycles. The highest BCUT2D eigenvalue weighted by Gasteiger charge is 2.16. The van der Waals surface area contributed by atoms with E-state index in [1.807, 2.05) is 13.8 Å². The van der Waals surface area contributed by atoms with Crippen molar-refractivity contribution in [3.05, 3.63) is 46.1 Å². The van der Waals surface area contributed by atoms with Crippen LogP contribution in [0.1, 0.15) is 30.4 Å². The number of hydrogen-bond donors (Lipinski definition) is 1. The molecule has 1 aromatic carbocycles. The minimum atomic E-state index is -0.730. The van der Waals surface area contributed by atoms with Crippen LogP contribution in [-0.2, 0) is 11.2 Å². The highest BCUT2D eigenvalue weighted by Crippen LogP contribution is 2.25. The van der Waals surface area contributed by atoms with E-state index in [4.69, 9.17) is 20.9 Å². The quantitative estimate of drug-likeness (QED) is 0.771. The normalized spacial score (nSPS) is 12.0. The van der Waals surface area contributed by atoms with Crippen molar-refractivity contribution in [1.29, 1.82) is 0 Å². The minimum Gasteiger partial charge on any atom is -0.479 e. The number of nitrogens with zero attached hydrogens (tertiary/aromatic N) is 1. The predicted molar refractivity (Wildman–Crippen MR) is 88.8 cm³/mol. The Bertz CT molecular complexity index is 698. The van der Waals surface area contributed by atoms with Crippen molar-refractivity contribution in [3.8, 4) is 5.75 Å². The van der Waals surface area contributed by atoms with Crippen LogP contribution >= 0.6 is 11.6 Å². The van der Waals surface area contributed by atoms with Gasteiger partial charge in [0.2, 0.25) is 0 Å². The molecule has 0 fully saturated rings. The van der Waals surface area contributed by atoms with E-state index in [1.165, 1.54) is 12.1 Å². The third-order valence-corrected chi connectivity index (χ3v) is 3.95. The van der Waals surface area contributed by atoms with Crippen LogP contribution in [0.4, 0.5) is 4.39 Å². The van der Waals surface area contributed by atoms with Crippen molar-refractivity contribution in [2.45, 2.75) is 39.7 Å². The molecule has 1 N–H and O–H groups in total. The summed E-state index contributed by atoms with van der Waals surface area (Å²) in [5.74, 6) is 0.371. The molecule has 0 bridgehead atoms. The van der Waals surface area contributed by atoms with Gasteiger partial charge in [0.25, 0.3) is 5.91 Å². The number of amides is 1. The summed E-state index contributed by atoms with van der Waals surface area (Å²) in [7, 11) is 0. The Morgan fingerprint density at radius 1 is 1.46 bits per heavy atom. The Balaban J connectivity index is 1.77. The third kappa shape index (κ3) is 4.71. The highest BCUT2D eigenvalue weighted by atomic mass is 35.5. The summed E-state index contributed by atoms with van der Waals surface area (Å²) in [5.41, 5.74) is 1.95. The second-order valence-electron chi connectivity index (χ2n) is 5.53. The van der Waals surface area contributed by atoms with Crippen LogP contribution in [-0.4, -0.2) is 23.7 Å². The van der Waals surface area contributed by atoms with Gasteiger partial charge in [-0.25, -0.2) is 4.39 Å². The van der Waals surface area contributed by atoms with Crippen molar-refractivity contribution < 1.29 is 18.4 Å². The molecule has 0 saturated carbocycles. The summed E-state index contributed by atoms with van der Waals surface area (Å²) in [4.78, 5) is 12.0. The molecule has 130 valence electrons. The molecular formula is C17H20ClFN2O3. The molecule has 0 aliphatic rings. The van der Waals surface area contributed by atoms with Gasteiger partial charge in [-0.15, -0.1) is 0 Å². The first-order valence-corrected chi connectivity index (χ1v) is 8.07. The number of carbonyl (C=O) groups excluding carboxylic acids is 1. The molecule has 1 amide bonds. The molecule has 1 atom stereocenters. The first-order valence-electron chi connectivity index (χ1n) is 7.69. The Morgan fingerprint density at radius 2 is 2.21 bits per heavy atom. The second kappa shape index (κ2) is 8.15. The van der Waals surface area contributed by atoms with Gasteiger partial charge >= 0.3 is 0 Å². The number of nitrogens with one attached hydrogen (secondary N) is 1. The zero-order valence-electron chi connectivity index (χ0n) is 13.9. The fraction of sp³-hybridized carbons (Fsp3) is 0.412. The lowest BCUT2D eigenvalue weighted by molar-refractivity contribution is -0.127. The number of hydrogen-bond acceptors (Lipinski definition) is 4. The van der Waals surface area contributed by atoms with Gasteiger partial charge in [-0.1, -0.05) is 16.8 Å².